The lowest BCUT2D eigenvalue weighted by Gasteiger charge is -2.05. The van der Waals surface area contributed by atoms with Gasteiger partial charge in [-0.25, -0.2) is 9.78 Å². The fourth-order valence-electron chi connectivity index (χ4n) is 3.01. The van der Waals surface area contributed by atoms with Gasteiger partial charge in [-0.3, -0.25) is 0 Å². The van der Waals surface area contributed by atoms with Crippen LogP contribution in [0.25, 0.3) is 11.3 Å². The summed E-state index contributed by atoms with van der Waals surface area (Å²) in [6, 6.07) is 19.2. The molecule has 0 unspecified atom stereocenters. The van der Waals surface area contributed by atoms with Gasteiger partial charge in [0.05, 0.1) is 11.3 Å². The molecule has 0 saturated carbocycles. The van der Waals surface area contributed by atoms with E-state index in [1.54, 1.807) is 29.2 Å². The zero-order valence-electron chi connectivity index (χ0n) is 16.1. The summed E-state index contributed by atoms with van der Waals surface area (Å²) in [5.41, 5.74) is 3.73. The second-order valence-electron chi connectivity index (χ2n) is 6.79. The Morgan fingerprint density at radius 1 is 1.07 bits per heavy atom. The molecule has 3 heterocycles. The number of pyridine rings is 2. The number of carboxylic acids is 1. The van der Waals surface area contributed by atoms with Gasteiger partial charge in [0, 0.05) is 30.8 Å². The smallest absolute Gasteiger partial charge is 0.370 e. The molecule has 1 aromatic carbocycles. The highest BCUT2D eigenvalue weighted by Crippen LogP contribution is 2.20. The number of ether oxygens (including phenoxy) is 1. The van der Waals surface area contributed by atoms with Crippen molar-refractivity contribution in [3.05, 3.63) is 96.1 Å². The molecule has 0 bridgehead atoms. The van der Waals surface area contributed by atoms with Crippen LogP contribution in [-0.4, -0.2) is 21.2 Å². The summed E-state index contributed by atoms with van der Waals surface area (Å²) < 4.78 is 12.7. The second-order valence-corrected chi connectivity index (χ2v) is 6.79. The van der Waals surface area contributed by atoms with Crippen LogP contribution in [0.5, 0.6) is 5.88 Å². The van der Waals surface area contributed by atoms with Gasteiger partial charge in [0.15, 0.2) is 18.2 Å². The Hall–Kier alpha value is -4.00. The molecule has 1 N–H and O–H groups in total. The first kappa shape index (κ1) is 19.3. The lowest BCUT2D eigenvalue weighted by Crippen LogP contribution is -2.37. The number of nitrogens with zero attached hydrogens (tertiary/aromatic N) is 3. The van der Waals surface area contributed by atoms with Crippen LogP contribution in [0.15, 0.2) is 83.8 Å². The van der Waals surface area contributed by atoms with E-state index >= 15 is 0 Å². The van der Waals surface area contributed by atoms with Crippen molar-refractivity contribution in [1.29, 1.82) is 0 Å². The van der Waals surface area contributed by atoms with Crippen LogP contribution >= 0.6 is 0 Å². The van der Waals surface area contributed by atoms with Crippen molar-refractivity contribution in [2.75, 3.05) is 0 Å². The summed E-state index contributed by atoms with van der Waals surface area (Å²) in [7, 11) is 0. The van der Waals surface area contributed by atoms with E-state index in [4.69, 9.17) is 14.4 Å². The van der Waals surface area contributed by atoms with Crippen molar-refractivity contribution in [3.63, 3.8) is 0 Å². The highest BCUT2D eigenvalue weighted by Gasteiger charge is 2.13. The minimum Gasteiger partial charge on any atom is -0.477 e. The van der Waals surface area contributed by atoms with Crippen molar-refractivity contribution in [3.8, 4) is 17.2 Å². The molecule has 0 atom stereocenters. The predicted molar refractivity (Wildman–Crippen MR) is 108 cm³/mol. The predicted octanol–water partition coefficient (Wildman–Crippen LogP) is 3.28. The molecule has 150 valence electrons. The minimum absolute atomic E-state index is 0.106. The normalized spacial score (nSPS) is 10.7. The topological polar surface area (TPSA) is 89.3 Å². The largest absolute Gasteiger partial charge is 0.477 e. The lowest BCUT2D eigenvalue weighted by atomic mass is 10.1. The van der Waals surface area contributed by atoms with Crippen molar-refractivity contribution >= 4 is 5.97 Å². The molecule has 30 heavy (non-hydrogen) atoms. The number of benzene rings is 1. The highest BCUT2D eigenvalue weighted by molar-refractivity contribution is 5.65. The number of carboxylic acid groups (broad SMARTS) is 1. The molecule has 0 radical (unpaired) electrons. The molecule has 0 amide bonds. The van der Waals surface area contributed by atoms with Crippen LogP contribution in [0.4, 0.5) is 0 Å². The van der Waals surface area contributed by atoms with Gasteiger partial charge >= 0.3 is 5.97 Å². The number of hydrogen-bond donors (Lipinski definition) is 1. The molecule has 3 aromatic heterocycles. The molecule has 0 fully saturated rings. The van der Waals surface area contributed by atoms with E-state index in [2.05, 4.69) is 10.1 Å². The van der Waals surface area contributed by atoms with Crippen molar-refractivity contribution < 1.29 is 23.7 Å². The van der Waals surface area contributed by atoms with Crippen molar-refractivity contribution in [2.24, 2.45) is 0 Å². The quantitative estimate of drug-likeness (QED) is 0.455. The summed E-state index contributed by atoms with van der Waals surface area (Å²) in [5.74, 6) is 0.302. The van der Waals surface area contributed by atoms with Crippen LogP contribution in [0, 0.1) is 0 Å². The summed E-state index contributed by atoms with van der Waals surface area (Å²) in [5, 5.41) is 13.1. The SMILES string of the molecule is O=C(O)C[n+]1cccc(-c2cc(Cc3ccc(COc4ccccn4)cc3)no2)c1. The summed E-state index contributed by atoms with van der Waals surface area (Å²) >= 11 is 0. The van der Waals surface area contributed by atoms with Crippen molar-refractivity contribution in [2.45, 2.75) is 19.6 Å². The summed E-state index contributed by atoms with van der Waals surface area (Å²) in [6.07, 6.45) is 5.77. The maximum absolute atomic E-state index is 10.9. The van der Waals surface area contributed by atoms with Crippen LogP contribution in [0.3, 0.4) is 0 Å². The molecule has 7 nitrogen and oxygen atoms in total. The third-order valence-electron chi connectivity index (χ3n) is 4.45. The molecule has 0 spiro atoms. The molecule has 4 aromatic rings. The molecule has 0 aliphatic rings. The van der Waals surface area contributed by atoms with Gasteiger partial charge in [-0.05, 0) is 23.3 Å². The second kappa shape index (κ2) is 9.00. The fraction of sp³-hybridized carbons (Fsp3) is 0.130. The summed E-state index contributed by atoms with van der Waals surface area (Å²) in [4.78, 5) is 15.0. The molecule has 0 saturated heterocycles. The Morgan fingerprint density at radius 3 is 2.67 bits per heavy atom. The Balaban J connectivity index is 1.38. The molecule has 7 heteroatoms. The van der Waals surface area contributed by atoms with Gasteiger partial charge in [-0.1, -0.05) is 35.5 Å². The van der Waals surface area contributed by atoms with Crippen LogP contribution in [-0.2, 0) is 24.4 Å². The fourth-order valence-corrected chi connectivity index (χ4v) is 3.01. The van der Waals surface area contributed by atoms with Crippen LogP contribution in [0.2, 0.25) is 0 Å². The highest BCUT2D eigenvalue weighted by atomic mass is 16.5. The average molecular weight is 402 g/mol. The van der Waals surface area contributed by atoms with E-state index in [1.807, 2.05) is 54.6 Å². The molecule has 0 aliphatic carbocycles. The maximum Gasteiger partial charge on any atom is 0.370 e. The Kier molecular flexibility index (Phi) is 5.80. The van der Waals surface area contributed by atoms with E-state index in [0.717, 1.165) is 22.4 Å². The first-order valence-electron chi connectivity index (χ1n) is 9.44. The third-order valence-corrected chi connectivity index (χ3v) is 4.45. The lowest BCUT2D eigenvalue weighted by molar-refractivity contribution is -0.685. The van der Waals surface area contributed by atoms with E-state index in [-0.39, 0.29) is 6.54 Å². The van der Waals surface area contributed by atoms with Gasteiger partial charge in [0.1, 0.15) is 6.61 Å². The van der Waals surface area contributed by atoms with E-state index in [1.165, 1.54) is 0 Å². The molecular formula is C23H20N3O4+. The Labute approximate surface area is 173 Å². The van der Waals surface area contributed by atoms with Gasteiger partial charge < -0.3 is 14.4 Å². The van der Waals surface area contributed by atoms with E-state index in [9.17, 15) is 4.79 Å². The average Bonchev–Trinajstić information content (AvgIpc) is 3.22. The molecule has 0 aliphatic heterocycles. The number of rotatable bonds is 8. The monoisotopic (exact) mass is 402 g/mol. The van der Waals surface area contributed by atoms with E-state index < -0.39 is 5.97 Å². The molecule has 4 rings (SSSR count). The number of aromatic nitrogens is 3. The zero-order valence-corrected chi connectivity index (χ0v) is 16.1. The maximum atomic E-state index is 10.9. The van der Waals surface area contributed by atoms with Gasteiger partial charge in [-0.15, -0.1) is 0 Å². The van der Waals surface area contributed by atoms with E-state index in [0.29, 0.717) is 24.7 Å². The number of hydrogen-bond acceptors (Lipinski definition) is 5. The minimum atomic E-state index is -0.899. The standard InChI is InChI=1S/C23H19N3O4/c27-23(28)15-26-11-3-4-19(14-26)21-13-20(25-30-21)12-17-6-8-18(9-7-17)16-29-22-5-1-2-10-24-22/h1-11,13-14H,12,15-16H2/p+1. The summed E-state index contributed by atoms with van der Waals surface area (Å²) in [6.45, 7) is 0.348. The first-order valence-corrected chi connectivity index (χ1v) is 9.44. The van der Waals surface area contributed by atoms with Gasteiger partial charge in [0.25, 0.3) is 0 Å². The number of aliphatic carboxylic acids is 1. The van der Waals surface area contributed by atoms with Crippen LogP contribution < -0.4 is 9.30 Å². The van der Waals surface area contributed by atoms with Gasteiger partial charge in [0.2, 0.25) is 12.4 Å². The van der Waals surface area contributed by atoms with Crippen molar-refractivity contribution in [1.82, 2.24) is 10.1 Å². The first-order chi connectivity index (χ1) is 14.7. The number of carbonyl (C=O) groups is 1. The molecular weight excluding hydrogens is 382 g/mol. The Bertz CT molecular complexity index is 1120. The Morgan fingerprint density at radius 2 is 1.90 bits per heavy atom. The van der Waals surface area contributed by atoms with Gasteiger partial charge in [-0.2, -0.15) is 4.57 Å². The zero-order chi connectivity index (χ0) is 20.8. The third kappa shape index (κ3) is 5.08. The van der Waals surface area contributed by atoms with Crippen LogP contribution in [0.1, 0.15) is 16.8 Å².